The van der Waals surface area contributed by atoms with Crippen molar-refractivity contribution in [1.82, 2.24) is 0 Å². The molecule has 7 aromatic carbocycles. The van der Waals surface area contributed by atoms with Crippen LogP contribution in [0.3, 0.4) is 0 Å². The molecule has 4 aliphatic heterocycles. The second kappa shape index (κ2) is 14.1. The van der Waals surface area contributed by atoms with E-state index in [4.69, 9.17) is 9.47 Å². The maximum atomic E-state index is 13.9. The summed E-state index contributed by atoms with van der Waals surface area (Å²) in [6, 6.07) is 40.8. The molecule has 4 heterocycles. The van der Waals surface area contributed by atoms with Gasteiger partial charge in [0.1, 0.15) is 23.0 Å². The third-order valence-corrected chi connectivity index (χ3v) is 11.3. The van der Waals surface area contributed by atoms with E-state index < -0.39 is 47.3 Å². The minimum Gasteiger partial charge on any atom is -0.457 e. The minimum atomic E-state index is -0.735. The van der Waals surface area contributed by atoms with Crippen molar-refractivity contribution in [3.63, 3.8) is 0 Å². The maximum absolute atomic E-state index is 13.9. The average molecular weight is 843 g/mol. The molecule has 64 heavy (non-hydrogen) atoms. The van der Waals surface area contributed by atoms with Gasteiger partial charge in [-0.1, -0.05) is 42.5 Å². The molecule has 11 rings (SSSR count). The number of nitrogens with zero attached hydrogens (tertiary/aromatic N) is 4. The van der Waals surface area contributed by atoms with E-state index in [0.717, 1.165) is 19.6 Å². The van der Waals surface area contributed by atoms with E-state index >= 15 is 0 Å². The summed E-state index contributed by atoms with van der Waals surface area (Å²) in [5.41, 5.74) is 1.84. The predicted octanol–water partition coefficient (Wildman–Crippen LogP) is 8.47. The van der Waals surface area contributed by atoms with Gasteiger partial charge in [-0.15, -0.1) is 0 Å². The number of benzene rings is 7. The molecular weight excluding hydrogens is 817 g/mol. The van der Waals surface area contributed by atoms with E-state index in [1.807, 2.05) is 0 Å². The van der Waals surface area contributed by atoms with Crippen molar-refractivity contribution in [2.75, 3.05) is 19.6 Å². The molecule has 14 heteroatoms. The summed E-state index contributed by atoms with van der Waals surface area (Å²) < 4.78 is 12.2. The van der Waals surface area contributed by atoms with E-state index in [2.05, 4.69) is 0 Å². The third-order valence-electron chi connectivity index (χ3n) is 11.3. The van der Waals surface area contributed by atoms with Crippen LogP contribution in [0.4, 0.5) is 22.7 Å². The molecule has 0 aliphatic carbocycles. The van der Waals surface area contributed by atoms with Crippen molar-refractivity contribution in [1.29, 1.82) is 0 Å². The van der Waals surface area contributed by atoms with Gasteiger partial charge in [-0.3, -0.25) is 38.4 Å². The van der Waals surface area contributed by atoms with Gasteiger partial charge in [-0.2, -0.15) is 0 Å². The first-order valence-corrected chi connectivity index (χ1v) is 19.7. The number of rotatable bonds is 8. The van der Waals surface area contributed by atoms with Crippen LogP contribution in [0.2, 0.25) is 0 Å². The third kappa shape index (κ3) is 5.74. The van der Waals surface area contributed by atoms with E-state index in [1.165, 1.54) is 54.6 Å². The summed E-state index contributed by atoms with van der Waals surface area (Å²) in [7, 11) is 0. The monoisotopic (exact) mass is 842 g/mol. The van der Waals surface area contributed by atoms with Crippen LogP contribution in [-0.4, -0.2) is 47.3 Å². The van der Waals surface area contributed by atoms with Gasteiger partial charge in [0, 0.05) is 18.2 Å². The molecule has 0 saturated heterocycles. The topological polar surface area (TPSA) is 168 Å². The van der Waals surface area contributed by atoms with Gasteiger partial charge in [0.2, 0.25) is 0 Å². The molecule has 14 nitrogen and oxygen atoms in total. The number of hydrogen-bond acceptors (Lipinski definition) is 10. The second-order valence-corrected chi connectivity index (χ2v) is 15.0. The molecule has 7 aromatic rings. The molecule has 0 spiro atoms. The van der Waals surface area contributed by atoms with Crippen LogP contribution in [-0.2, 0) is 0 Å². The smallest absolute Gasteiger partial charge is 0.266 e. The van der Waals surface area contributed by atoms with Crippen molar-refractivity contribution in [2.24, 2.45) is 0 Å². The van der Waals surface area contributed by atoms with Crippen LogP contribution in [0.15, 0.2) is 158 Å². The first-order valence-electron chi connectivity index (χ1n) is 19.7. The number of carbonyl (C=O) groups excluding carboxylic acids is 8. The molecule has 0 saturated carbocycles. The van der Waals surface area contributed by atoms with Gasteiger partial charge in [0.15, 0.2) is 0 Å². The molecule has 0 bridgehead atoms. The first-order chi connectivity index (χ1) is 31.0. The number of carbonyl (C=O) groups is 8. The number of hydrogen-bond donors (Lipinski definition) is 0. The van der Waals surface area contributed by atoms with Gasteiger partial charge < -0.3 is 9.47 Å². The molecule has 4 aliphatic rings. The van der Waals surface area contributed by atoms with Gasteiger partial charge in [-0.05, 0) is 97.1 Å². The summed E-state index contributed by atoms with van der Waals surface area (Å²) in [6.07, 6.45) is 0. The molecule has 0 N–H and O–H groups in total. The number of ether oxygens (including phenoxy) is 2. The molecule has 0 fully saturated rings. The van der Waals surface area contributed by atoms with Crippen LogP contribution >= 0.6 is 0 Å². The quantitative estimate of drug-likeness (QED) is 0.135. The Kier molecular flexibility index (Phi) is 8.33. The largest absolute Gasteiger partial charge is 0.457 e. The highest BCUT2D eigenvalue weighted by atomic mass is 16.5. The van der Waals surface area contributed by atoms with E-state index in [-0.39, 0.29) is 56.2 Å². The lowest BCUT2D eigenvalue weighted by atomic mass is 10.1. The lowest BCUT2D eigenvalue weighted by Gasteiger charge is -2.16. The molecular formula is C50H26N4O10. The number of anilines is 4. The fraction of sp³-hybridized carbons (Fsp3) is 0. The van der Waals surface area contributed by atoms with Crippen LogP contribution in [0.5, 0.6) is 23.0 Å². The summed E-state index contributed by atoms with van der Waals surface area (Å²) in [5, 5.41) is 0. The number of fused-ring (bicyclic) bond motifs is 4. The molecule has 0 radical (unpaired) electrons. The van der Waals surface area contributed by atoms with E-state index in [1.54, 1.807) is 103 Å². The highest BCUT2D eigenvalue weighted by Crippen LogP contribution is 2.39. The lowest BCUT2D eigenvalue weighted by molar-refractivity contribution is 0.0908. The predicted molar refractivity (Wildman–Crippen MR) is 230 cm³/mol. The molecule has 8 amide bonds. The standard InChI is InChI=1S/C50H26N4O10/c55-43-35-14-1-2-15-36(35)44(56)51(43)27-8-5-10-31(22-27)63-33-12-7-13-34(26-33)64-32-11-6-9-28(23-32)52-47(59)39-21-19-30(25-41(39)49(52)61)54-48(60)40-20-18-29(24-42(40)50(54)62)53-45(57)37-16-3-4-17-38(37)46(53)58/h1-26H. The summed E-state index contributed by atoms with van der Waals surface area (Å²) >= 11 is 0. The highest BCUT2D eigenvalue weighted by molar-refractivity contribution is 6.39. The first kappa shape index (κ1) is 37.7. The van der Waals surface area contributed by atoms with Crippen LogP contribution in [0.25, 0.3) is 0 Å². The van der Waals surface area contributed by atoms with Gasteiger partial charge in [0.25, 0.3) is 47.3 Å². The number of imide groups is 4. The zero-order valence-electron chi connectivity index (χ0n) is 32.9. The molecule has 306 valence electrons. The lowest BCUT2D eigenvalue weighted by Crippen LogP contribution is -2.30. The zero-order valence-corrected chi connectivity index (χ0v) is 32.9. The Bertz CT molecular complexity index is 3270. The Morgan fingerprint density at radius 1 is 0.234 bits per heavy atom. The van der Waals surface area contributed by atoms with Crippen molar-refractivity contribution in [3.8, 4) is 23.0 Å². The van der Waals surface area contributed by atoms with Gasteiger partial charge >= 0.3 is 0 Å². The normalized spacial score (nSPS) is 15.0. The number of amides is 8. The van der Waals surface area contributed by atoms with Gasteiger partial charge in [0.05, 0.1) is 67.3 Å². The summed E-state index contributed by atoms with van der Waals surface area (Å²) in [4.78, 5) is 111. The van der Waals surface area contributed by atoms with Crippen LogP contribution in [0, 0.1) is 0 Å². The Labute approximate surface area is 361 Å². The van der Waals surface area contributed by atoms with Crippen LogP contribution < -0.4 is 29.1 Å². The van der Waals surface area contributed by atoms with Gasteiger partial charge in [-0.25, -0.2) is 19.6 Å². The Balaban J connectivity index is 0.798. The van der Waals surface area contributed by atoms with E-state index in [9.17, 15) is 38.4 Å². The SMILES string of the molecule is O=C1c2ccccc2C(=O)N1c1cccc(Oc2cccc(Oc3cccc(N4C(=O)c5ccc(N6C(=O)c7ccc(N8C(=O)c9ccccc9C8=O)cc7C6=O)cc5C4=O)c3)c2)c1. The fourth-order valence-electron chi connectivity index (χ4n) is 8.30. The summed E-state index contributed by atoms with van der Waals surface area (Å²) in [6.45, 7) is 0. The van der Waals surface area contributed by atoms with Crippen molar-refractivity contribution >= 4 is 70.0 Å². The second-order valence-electron chi connectivity index (χ2n) is 15.0. The summed E-state index contributed by atoms with van der Waals surface area (Å²) in [5.74, 6) is -3.32. The Hall–Kier alpha value is -9.30. The fourth-order valence-corrected chi connectivity index (χ4v) is 8.30. The average Bonchev–Trinajstić information content (AvgIpc) is 3.92. The molecule has 0 aromatic heterocycles. The van der Waals surface area contributed by atoms with Crippen molar-refractivity contribution in [2.45, 2.75) is 0 Å². The Morgan fingerprint density at radius 3 is 0.844 bits per heavy atom. The van der Waals surface area contributed by atoms with Crippen molar-refractivity contribution in [3.05, 3.63) is 202 Å². The van der Waals surface area contributed by atoms with Crippen LogP contribution in [0.1, 0.15) is 82.9 Å². The zero-order chi connectivity index (χ0) is 44.0. The molecule has 0 unspecified atom stereocenters. The maximum Gasteiger partial charge on any atom is 0.266 e. The van der Waals surface area contributed by atoms with E-state index in [0.29, 0.717) is 34.1 Å². The highest BCUT2D eigenvalue weighted by Gasteiger charge is 2.43. The molecule has 0 atom stereocenters. The van der Waals surface area contributed by atoms with Crippen molar-refractivity contribution < 1.29 is 47.8 Å². The Morgan fingerprint density at radius 2 is 0.500 bits per heavy atom. The minimum absolute atomic E-state index is 0.0333.